The van der Waals surface area contributed by atoms with E-state index < -0.39 is 25.0 Å². The standard InChI is InChI=1S/C24H22N4O6S2/c1-17-3-11-21(12-4-17)35(31,32)25-23-15-27(19-7-9-20(10-8-19)28(29)30)16-24(23)26-36(33,34)22-13-5-18(2)6-14-22/h3-16,25-26H,1-2H3. The Morgan fingerprint density at radius 2 is 1.06 bits per heavy atom. The molecule has 1 aromatic heterocycles. The summed E-state index contributed by atoms with van der Waals surface area (Å²) < 4.78 is 58.5. The van der Waals surface area contributed by atoms with Crippen molar-refractivity contribution in [3.8, 4) is 5.69 Å². The molecule has 4 rings (SSSR count). The Morgan fingerprint density at radius 1 is 0.667 bits per heavy atom. The van der Waals surface area contributed by atoms with Crippen molar-refractivity contribution in [2.45, 2.75) is 23.6 Å². The molecule has 2 N–H and O–H groups in total. The number of benzene rings is 3. The number of nitrogens with one attached hydrogen (secondary N) is 2. The molecule has 0 radical (unpaired) electrons. The zero-order chi connectivity index (χ0) is 26.1. The van der Waals surface area contributed by atoms with E-state index >= 15 is 0 Å². The Kier molecular flexibility index (Phi) is 6.57. The van der Waals surface area contributed by atoms with Crippen LogP contribution in [0.15, 0.2) is 95.0 Å². The van der Waals surface area contributed by atoms with Crippen LogP contribution in [0.1, 0.15) is 11.1 Å². The number of hydrogen-bond acceptors (Lipinski definition) is 6. The summed E-state index contributed by atoms with van der Waals surface area (Å²) in [6.07, 6.45) is 2.78. The van der Waals surface area contributed by atoms with Gasteiger partial charge in [0.25, 0.3) is 25.7 Å². The lowest BCUT2D eigenvalue weighted by molar-refractivity contribution is -0.384. The molecular weight excluding hydrogens is 504 g/mol. The molecule has 0 amide bonds. The van der Waals surface area contributed by atoms with Gasteiger partial charge in [-0.25, -0.2) is 16.8 Å². The normalized spacial score (nSPS) is 11.7. The number of nitro groups is 1. The van der Waals surface area contributed by atoms with Gasteiger partial charge in [-0.15, -0.1) is 0 Å². The maximum Gasteiger partial charge on any atom is 0.269 e. The van der Waals surface area contributed by atoms with Crippen molar-refractivity contribution in [3.05, 3.63) is 106 Å². The van der Waals surface area contributed by atoms with Crippen molar-refractivity contribution >= 4 is 37.1 Å². The fourth-order valence-corrected chi connectivity index (χ4v) is 5.48. The number of nitrogens with zero attached hydrogens (tertiary/aromatic N) is 2. The van der Waals surface area contributed by atoms with Gasteiger partial charge in [0.1, 0.15) is 0 Å². The highest BCUT2D eigenvalue weighted by Crippen LogP contribution is 2.31. The van der Waals surface area contributed by atoms with Gasteiger partial charge in [-0.05, 0) is 50.2 Å². The zero-order valence-corrected chi connectivity index (χ0v) is 20.9. The molecule has 0 aliphatic rings. The quantitative estimate of drug-likeness (QED) is 0.254. The molecule has 3 aromatic carbocycles. The van der Waals surface area contributed by atoms with Crippen LogP contribution in [0, 0.1) is 24.0 Å². The summed E-state index contributed by atoms with van der Waals surface area (Å²) >= 11 is 0. The molecule has 0 atom stereocenters. The molecule has 0 saturated heterocycles. The Morgan fingerprint density at radius 3 is 1.42 bits per heavy atom. The first kappa shape index (κ1) is 24.9. The SMILES string of the molecule is Cc1ccc(S(=O)(=O)Nc2cn(-c3ccc([N+](=O)[O-])cc3)cc2NS(=O)(=O)c2ccc(C)cc2)cc1. The molecule has 0 bridgehead atoms. The van der Waals surface area contributed by atoms with Crippen LogP contribution in [0.25, 0.3) is 5.69 Å². The number of aryl methyl sites for hydroxylation is 2. The second-order valence-corrected chi connectivity index (χ2v) is 11.5. The molecule has 0 saturated carbocycles. The number of hydrogen-bond donors (Lipinski definition) is 2. The maximum atomic E-state index is 13.0. The van der Waals surface area contributed by atoms with Gasteiger partial charge in [0, 0.05) is 30.2 Å². The van der Waals surface area contributed by atoms with Gasteiger partial charge in [0.05, 0.1) is 26.1 Å². The van der Waals surface area contributed by atoms with E-state index in [4.69, 9.17) is 0 Å². The highest BCUT2D eigenvalue weighted by Gasteiger charge is 2.22. The third kappa shape index (κ3) is 5.39. The number of sulfonamides is 2. The van der Waals surface area contributed by atoms with Gasteiger partial charge >= 0.3 is 0 Å². The molecule has 4 aromatic rings. The molecular formula is C24H22N4O6S2. The van der Waals surface area contributed by atoms with E-state index in [2.05, 4.69) is 9.44 Å². The van der Waals surface area contributed by atoms with E-state index in [1.807, 2.05) is 13.8 Å². The molecule has 0 fully saturated rings. The average Bonchev–Trinajstić information content (AvgIpc) is 3.20. The second kappa shape index (κ2) is 9.47. The third-order valence-corrected chi connectivity index (χ3v) is 8.10. The Bertz CT molecular complexity index is 1530. The minimum absolute atomic E-state index is 0.00327. The van der Waals surface area contributed by atoms with Gasteiger partial charge in [0.15, 0.2) is 0 Å². The summed E-state index contributed by atoms with van der Waals surface area (Å²) in [7, 11) is -8.11. The van der Waals surface area contributed by atoms with Crippen molar-refractivity contribution in [2.75, 3.05) is 9.44 Å². The summed E-state index contributed by atoms with van der Waals surface area (Å²) in [5, 5.41) is 11.0. The molecule has 1 heterocycles. The number of aromatic nitrogens is 1. The van der Waals surface area contributed by atoms with Crippen molar-refractivity contribution < 1.29 is 21.8 Å². The van der Waals surface area contributed by atoms with Crippen LogP contribution < -0.4 is 9.44 Å². The molecule has 0 aliphatic carbocycles. The molecule has 186 valence electrons. The topological polar surface area (TPSA) is 140 Å². The van der Waals surface area contributed by atoms with E-state index in [0.29, 0.717) is 5.69 Å². The second-order valence-electron chi connectivity index (χ2n) is 8.10. The van der Waals surface area contributed by atoms with Crippen molar-refractivity contribution in [2.24, 2.45) is 0 Å². The number of anilines is 2. The monoisotopic (exact) mass is 526 g/mol. The molecule has 36 heavy (non-hydrogen) atoms. The van der Waals surface area contributed by atoms with E-state index in [1.54, 1.807) is 24.3 Å². The summed E-state index contributed by atoms with van der Waals surface area (Å²) in [4.78, 5) is 10.4. The van der Waals surface area contributed by atoms with Crippen molar-refractivity contribution in [1.29, 1.82) is 0 Å². The van der Waals surface area contributed by atoms with Crippen LogP contribution in [0.5, 0.6) is 0 Å². The van der Waals surface area contributed by atoms with E-state index in [9.17, 15) is 26.9 Å². The molecule has 0 aliphatic heterocycles. The smallest absolute Gasteiger partial charge is 0.269 e. The van der Waals surface area contributed by atoms with Gasteiger partial charge in [-0.1, -0.05) is 35.4 Å². The van der Waals surface area contributed by atoms with Crippen molar-refractivity contribution in [3.63, 3.8) is 0 Å². The van der Waals surface area contributed by atoms with Gasteiger partial charge < -0.3 is 4.57 Å². The van der Waals surface area contributed by atoms with Crippen LogP contribution >= 0.6 is 0 Å². The zero-order valence-electron chi connectivity index (χ0n) is 19.2. The van der Waals surface area contributed by atoms with Gasteiger partial charge in [-0.3, -0.25) is 19.6 Å². The Labute approximate surface area is 208 Å². The van der Waals surface area contributed by atoms with Crippen LogP contribution in [0.3, 0.4) is 0 Å². The lowest BCUT2D eigenvalue weighted by Crippen LogP contribution is -2.16. The lowest BCUT2D eigenvalue weighted by atomic mass is 10.2. The summed E-state index contributed by atoms with van der Waals surface area (Å²) in [5.74, 6) is 0. The number of non-ortho nitro benzene ring substituents is 1. The van der Waals surface area contributed by atoms with Crippen LogP contribution in [0.2, 0.25) is 0 Å². The van der Waals surface area contributed by atoms with Crippen LogP contribution in [0.4, 0.5) is 17.1 Å². The number of nitro benzene ring substituents is 1. The first-order chi connectivity index (χ1) is 16.9. The van der Waals surface area contributed by atoms with E-state index in [1.165, 1.54) is 65.5 Å². The average molecular weight is 527 g/mol. The van der Waals surface area contributed by atoms with Crippen molar-refractivity contribution in [1.82, 2.24) is 4.57 Å². The predicted octanol–water partition coefficient (Wildman–Crippen LogP) is 4.60. The highest BCUT2D eigenvalue weighted by atomic mass is 32.2. The number of rotatable bonds is 8. The summed E-state index contributed by atoms with van der Waals surface area (Å²) in [6.45, 7) is 3.65. The molecule has 0 unspecified atom stereocenters. The highest BCUT2D eigenvalue weighted by molar-refractivity contribution is 7.93. The van der Waals surface area contributed by atoms with E-state index in [0.717, 1.165) is 11.1 Å². The Hall–Kier alpha value is -4.16. The minimum atomic E-state index is -4.05. The first-order valence-corrected chi connectivity index (χ1v) is 13.6. The maximum absolute atomic E-state index is 13.0. The predicted molar refractivity (Wildman–Crippen MR) is 136 cm³/mol. The van der Waals surface area contributed by atoms with Gasteiger partial charge in [0.2, 0.25) is 0 Å². The summed E-state index contributed by atoms with van der Waals surface area (Å²) in [5.41, 5.74) is 2.05. The Balaban J connectivity index is 1.75. The fraction of sp³-hybridized carbons (Fsp3) is 0.0833. The molecule has 12 heteroatoms. The molecule has 0 spiro atoms. The van der Waals surface area contributed by atoms with Crippen LogP contribution in [-0.2, 0) is 20.0 Å². The summed E-state index contributed by atoms with van der Waals surface area (Å²) in [6, 6.07) is 17.9. The largest absolute Gasteiger partial charge is 0.320 e. The van der Waals surface area contributed by atoms with Crippen LogP contribution in [-0.4, -0.2) is 26.3 Å². The first-order valence-electron chi connectivity index (χ1n) is 10.6. The lowest BCUT2D eigenvalue weighted by Gasteiger charge is -2.11. The minimum Gasteiger partial charge on any atom is -0.320 e. The van der Waals surface area contributed by atoms with Gasteiger partial charge in [-0.2, -0.15) is 0 Å². The molecule has 10 nitrogen and oxygen atoms in total. The third-order valence-electron chi connectivity index (χ3n) is 5.34. The fourth-order valence-electron chi connectivity index (χ4n) is 3.35. The van der Waals surface area contributed by atoms with E-state index in [-0.39, 0.29) is 26.9 Å².